The van der Waals surface area contributed by atoms with E-state index in [1.165, 1.54) is 6.92 Å². The predicted molar refractivity (Wildman–Crippen MR) is 47.1 cm³/mol. The van der Waals surface area contributed by atoms with Crippen LogP contribution < -0.4 is 16.2 Å². The summed E-state index contributed by atoms with van der Waals surface area (Å²) < 4.78 is 0. The number of nitrogens with one attached hydrogen (secondary N) is 3. The molecule has 0 heterocycles. The highest BCUT2D eigenvalue weighted by molar-refractivity contribution is 5.72. The highest BCUT2D eigenvalue weighted by Gasteiger charge is 1.83. The molecular formula is C7H19N3O. The summed E-state index contributed by atoms with van der Waals surface area (Å²) in [5, 5.41) is 2.75. The van der Waals surface area contributed by atoms with E-state index in [2.05, 4.69) is 16.2 Å². The van der Waals surface area contributed by atoms with E-state index in [1.54, 1.807) is 0 Å². The molecule has 0 saturated heterocycles. The molecule has 0 radical (unpaired) electrons. The molecule has 0 aromatic rings. The average molecular weight is 161 g/mol. The number of rotatable bonds is 3. The molecule has 0 saturated carbocycles. The molecule has 4 nitrogen and oxygen atoms in total. The van der Waals surface area contributed by atoms with E-state index in [1.807, 2.05) is 21.0 Å². The van der Waals surface area contributed by atoms with Crippen LogP contribution in [-0.2, 0) is 4.79 Å². The number of hydrazine groups is 1. The third kappa shape index (κ3) is 26.6. The second-order valence-electron chi connectivity index (χ2n) is 2.11. The van der Waals surface area contributed by atoms with Gasteiger partial charge in [-0.2, -0.15) is 0 Å². The van der Waals surface area contributed by atoms with Crippen molar-refractivity contribution in [3.05, 3.63) is 0 Å². The van der Waals surface area contributed by atoms with Crippen molar-refractivity contribution in [2.45, 2.75) is 20.3 Å². The molecule has 0 spiro atoms. The van der Waals surface area contributed by atoms with Crippen LogP contribution >= 0.6 is 0 Å². The summed E-state index contributed by atoms with van der Waals surface area (Å²) in [6, 6.07) is 0. The zero-order chi connectivity index (χ0) is 9.11. The Morgan fingerprint density at radius 2 is 1.82 bits per heavy atom. The Morgan fingerprint density at radius 3 is 2.09 bits per heavy atom. The van der Waals surface area contributed by atoms with Gasteiger partial charge in [0.05, 0.1) is 0 Å². The van der Waals surface area contributed by atoms with Gasteiger partial charge in [-0.15, -0.1) is 0 Å². The van der Waals surface area contributed by atoms with Crippen LogP contribution in [0.4, 0.5) is 0 Å². The molecule has 0 unspecified atom stereocenters. The molecule has 0 rings (SSSR count). The first kappa shape index (κ1) is 13.0. The normalized spacial score (nSPS) is 8.00. The predicted octanol–water partition coefficient (Wildman–Crippen LogP) is -0.127. The summed E-state index contributed by atoms with van der Waals surface area (Å²) >= 11 is 0. The van der Waals surface area contributed by atoms with Crippen molar-refractivity contribution in [3.8, 4) is 0 Å². The van der Waals surface area contributed by atoms with Crippen LogP contribution in [0.1, 0.15) is 20.3 Å². The van der Waals surface area contributed by atoms with Crippen LogP contribution in [0.25, 0.3) is 0 Å². The van der Waals surface area contributed by atoms with Gasteiger partial charge in [0.2, 0.25) is 5.91 Å². The summed E-state index contributed by atoms with van der Waals surface area (Å²) in [6.45, 7) is 4.34. The first-order valence-electron chi connectivity index (χ1n) is 3.76. The van der Waals surface area contributed by atoms with Crippen molar-refractivity contribution in [2.75, 3.05) is 20.6 Å². The second kappa shape index (κ2) is 12.1. The molecule has 11 heavy (non-hydrogen) atoms. The van der Waals surface area contributed by atoms with Gasteiger partial charge in [0.15, 0.2) is 0 Å². The smallest absolute Gasteiger partial charge is 0.230 e. The lowest BCUT2D eigenvalue weighted by atomic mass is 10.5. The maximum absolute atomic E-state index is 10.1. The number of hydrogen-bond acceptors (Lipinski definition) is 3. The van der Waals surface area contributed by atoms with Crippen molar-refractivity contribution < 1.29 is 4.79 Å². The van der Waals surface area contributed by atoms with Crippen LogP contribution in [0, 0.1) is 0 Å². The Kier molecular flexibility index (Phi) is 14.3. The fraction of sp³-hybridized carbons (Fsp3) is 0.857. The molecule has 1 amide bonds. The lowest BCUT2D eigenvalue weighted by molar-refractivity contribution is -0.119. The SMILES string of the molecule is CCCNNC(C)=O.CNC. The molecule has 0 atom stereocenters. The van der Waals surface area contributed by atoms with Gasteiger partial charge in [-0.05, 0) is 20.5 Å². The van der Waals surface area contributed by atoms with E-state index in [0.717, 1.165) is 13.0 Å². The van der Waals surface area contributed by atoms with Crippen LogP contribution in [0.2, 0.25) is 0 Å². The van der Waals surface area contributed by atoms with Crippen molar-refractivity contribution in [1.82, 2.24) is 16.2 Å². The van der Waals surface area contributed by atoms with Crippen molar-refractivity contribution >= 4 is 5.91 Å². The van der Waals surface area contributed by atoms with Gasteiger partial charge in [0, 0.05) is 13.5 Å². The number of carbonyl (C=O) groups is 1. The van der Waals surface area contributed by atoms with Crippen LogP contribution in [0.15, 0.2) is 0 Å². The first-order valence-corrected chi connectivity index (χ1v) is 3.76. The van der Waals surface area contributed by atoms with Gasteiger partial charge >= 0.3 is 0 Å². The van der Waals surface area contributed by atoms with Crippen LogP contribution in [-0.4, -0.2) is 26.5 Å². The fourth-order valence-electron chi connectivity index (χ4n) is 0.312. The maximum Gasteiger partial charge on any atom is 0.230 e. The summed E-state index contributed by atoms with van der Waals surface area (Å²) in [4.78, 5) is 10.1. The maximum atomic E-state index is 10.1. The van der Waals surface area contributed by atoms with Crippen LogP contribution in [0.5, 0.6) is 0 Å². The molecule has 0 fully saturated rings. The third-order valence-corrected chi connectivity index (χ3v) is 0.639. The second-order valence-corrected chi connectivity index (χ2v) is 2.11. The number of hydrogen-bond donors (Lipinski definition) is 3. The monoisotopic (exact) mass is 161 g/mol. The van der Waals surface area contributed by atoms with Crippen molar-refractivity contribution in [3.63, 3.8) is 0 Å². The van der Waals surface area contributed by atoms with E-state index in [9.17, 15) is 4.79 Å². The minimum absolute atomic E-state index is 0.0431. The summed E-state index contributed by atoms with van der Waals surface area (Å²) in [5.74, 6) is -0.0431. The molecular weight excluding hydrogens is 142 g/mol. The van der Waals surface area contributed by atoms with Gasteiger partial charge in [0.1, 0.15) is 0 Å². The minimum Gasteiger partial charge on any atom is -0.323 e. The fourth-order valence-corrected chi connectivity index (χ4v) is 0.312. The largest absolute Gasteiger partial charge is 0.323 e. The summed E-state index contributed by atoms with van der Waals surface area (Å²) in [6.07, 6.45) is 1.03. The average Bonchev–Trinajstić information content (AvgIpc) is 1.89. The van der Waals surface area contributed by atoms with Crippen LogP contribution in [0.3, 0.4) is 0 Å². The molecule has 0 bridgehead atoms. The Bertz CT molecular complexity index is 85.8. The zero-order valence-corrected chi connectivity index (χ0v) is 7.82. The van der Waals surface area contributed by atoms with E-state index < -0.39 is 0 Å². The molecule has 0 aliphatic carbocycles. The molecule has 0 aliphatic heterocycles. The van der Waals surface area contributed by atoms with Gasteiger partial charge < -0.3 is 5.32 Å². The third-order valence-electron chi connectivity index (χ3n) is 0.639. The van der Waals surface area contributed by atoms with Crippen molar-refractivity contribution in [1.29, 1.82) is 0 Å². The standard InChI is InChI=1S/C5H12N2O.C2H7N/c1-3-4-6-7-5(2)8;1-3-2/h6H,3-4H2,1-2H3,(H,7,8);3H,1-2H3. The molecule has 0 aromatic carbocycles. The summed E-state index contributed by atoms with van der Waals surface area (Å²) in [7, 11) is 3.75. The van der Waals surface area contributed by atoms with E-state index in [4.69, 9.17) is 0 Å². The zero-order valence-electron chi connectivity index (χ0n) is 7.82. The topological polar surface area (TPSA) is 53.2 Å². The first-order chi connectivity index (χ1) is 5.18. The quantitative estimate of drug-likeness (QED) is 0.399. The van der Waals surface area contributed by atoms with Crippen molar-refractivity contribution in [2.24, 2.45) is 0 Å². The van der Waals surface area contributed by atoms with Gasteiger partial charge in [0.25, 0.3) is 0 Å². The highest BCUT2D eigenvalue weighted by atomic mass is 16.2. The summed E-state index contributed by atoms with van der Waals surface area (Å²) in [5.41, 5.74) is 5.19. The minimum atomic E-state index is -0.0431. The molecule has 0 aliphatic rings. The molecule has 4 heteroatoms. The number of carbonyl (C=O) groups excluding carboxylic acids is 1. The van der Waals surface area contributed by atoms with E-state index in [0.29, 0.717) is 0 Å². The highest BCUT2D eigenvalue weighted by Crippen LogP contribution is 1.64. The molecule has 3 N–H and O–H groups in total. The van der Waals surface area contributed by atoms with E-state index >= 15 is 0 Å². The number of amides is 1. The lowest BCUT2D eigenvalue weighted by Gasteiger charge is -1.99. The Balaban J connectivity index is 0. The van der Waals surface area contributed by atoms with Gasteiger partial charge in [-0.1, -0.05) is 6.92 Å². The van der Waals surface area contributed by atoms with Gasteiger partial charge in [-0.3, -0.25) is 10.2 Å². The molecule has 68 valence electrons. The Hall–Kier alpha value is -0.610. The lowest BCUT2D eigenvalue weighted by Crippen LogP contribution is -2.35. The molecule has 0 aromatic heterocycles. The Labute approximate surface area is 68.7 Å². The van der Waals surface area contributed by atoms with Gasteiger partial charge in [-0.25, -0.2) is 5.43 Å². The Morgan fingerprint density at radius 1 is 1.36 bits per heavy atom. The van der Waals surface area contributed by atoms with E-state index in [-0.39, 0.29) is 5.91 Å².